The average molecular weight is 501 g/mol. The predicted molar refractivity (Wildman–Crippen MR) is 137 cm³/mol. The maximum atomic E-state index is 13.3. The SMILES string of the molecule is C[Si](C)(C)C#C/C=C\C#C[C@H]1[C@@H]2O[C@]2(C=O)c2ccccc2N1C(=O)OCc1ccccc1[N+](=O)[O-]. The number of amides is 1. The molecule has 8 nitrogen and oxygen atoms in total. The summed E-state index contributed by atoms with van der Waals surface area (Å²) in [5.41, 5.74) is 3.13. The molecule has 36 heavy (non-hydrogen) atoms. The van der Waals surface area contributed by atoms with Crippen LogP contribution in [0, 0.1) is 33.4 Å². The van der Waals surface area contributed by atoms with E-state index < -0.39 is 36.8 Å². The zero-order valence-corrected chi connectivity index (χ0v) is 21.1. The van der Waals surface area contributed by atoms with Crippen molar-refractivity contribution < 1.29 is 24.0 Å². The monoisotopic (exact) mass is 500 g/mol. The first-order chi connectivity index (χ1) is 17.2. The highest BCUT2D eigenvalue weighted by atomic mass is 28.3. The minimum absolute atomic E-state index is 0.143. The van der Waals surface area contributed by atoms with Crippen molar-refractivity contribution >= 4 is 31.8 Å². The highest BCUT2D eigenvalue weighted by Crippen LogP contribution is 2.55. The topological polar surface area (TPSA) is 102 Å². The predicted octanol–water partition coefficient (Wildman–Crippen LogP) is 4.35. The van der Waals surface area contributed by atoms with Crippen LogP contribution >= 0.6 is 0 Å². The van der Waals surface area contributed by atoms with Crippen LogP contribution in [0.3, 0.4) is 0 Å². The number of fused-ring (bicyclic) bond motifs is 3. The van der Waals surface area contributed by atoms with Gasteiger partial charge in [-0.25, -0.2) is 4.79 Å². The van der Waals surface area contributed by atoms with Crippen molar-refractivity contribution in [1.82, 2.24) is 0 Å². The number of benzene rings is 2. The molecule has 0 aromatic heterocycles. The first-order valence-corrected chi connectivity index (χ1v) is 14.8. The number of epoxide rings is 1. The van der Waals surface area contributed by atoms with E-state index >= 15 is 0 Å². The van der Waals surface area contributed by atoms with Gasteiger partial charge in [-0.2, -0.15) is 0 Å². The molecule has 0 saturated carbocycles. The van der Waals surface area contributed by atoms with Crippen LogP contribution in [0.25, 0.3) is 0 Å². The van der Waals surface area contributed by atoms with Gasteiger partial charge in [-0.1, -0.05) is 67.7 Å². The third kappa shape index (κ3) is 4.94. The highest BCUT2D eigenvalue weighted by Gasteiger charge is 2.67. The molecule has 0 spiro atoms. The van der Waals surface area contributed by atoms with Crippen LogP contribution in [-0.2, 0) is 26.5 Å². The average Bonchev–Trinajstić information content (AvgIpc) is 3.60. The molecule has 182 valence electrons. The number of nitro benzene ring substituents is 1. The fourth-order valence-electron chi connectivity index (χ4n) is 4.00. The van der Waals surface area contributed by atoms with Crippen LogP contribution in [0.5, 0.6) is 0 Å². The molecule has 2 aliphatic rings. The van der Waals surface area contributed by atoms with Gasteiger partial charge in [-0.3, -0.25) is 19.8 Å². The first-order valence-electron chi connectivity index (χ1n) is 11.3. The third-order valence-electron chi connectivity index (χ3n) is 5.68. The van der Waals surface area contributed by atoms with Gasteiger partial charge in [-0.15, -0.1) is 5.54 Å². The van der Waals surface area contributed by atoms with E-state index in [0.29, 0.717) is 11.3 Å². The van der Waals surface area contributed by atoms with E-state index in [2.05, 4.69) is 42.9 Å². The molecule has 3 atom stereocenters. The summed E-state index contributed by atoms with van der Waals surface area (Å²) < 4.78 is 11.3. The Morgan fingerprint density at radius 3 is 2.58 bits per heavy atom. The van der Waals surface area contributed by atoms with Gasteiger partial charge in [0, 0.05) is 11.6 Å². The zero-order valence-electron chi connectivity index (χ0n) is 20.1. The maximum absolute atomic E-state index is 13.3. The highest BCUT2D eigenvalue weighted by molar-refractivity contribution is 6.83. The molecule has 2 aromatic carbocycles. The molecule has 0 aliphatic carbocycles. The summed E-state index contributed by atoms with van der Waals surface area (Å²) in [5.74, 6) is 8.90. The number of nitrogens with zero attached hydrogens (tertiary/aromatic N) is 2. The molecule has 1 fully saturated rings. The molecule has 1 amide bonds. The number of carbonyl (C=O) groups is 2. The Balaban J connectivity index is 1.64. The third-order valence-corrected chi connectivity index (χ3v) is 6.57. The molecule has 2 aromatic rings. The van der Waals surface area contributed by atoms with Gasteiger partial charge in [0.15, 0.2) is 11.9 Å². The minimum Gasteiger partial charge on any atom is -0.444 e. The summed E-state index contributed by atoms with van der Waals surface area (Å²) in [6, 6.07) is 12.1. The van der Waals surface area contributed by atoms with E-state index in [1.54, 1.807) is 48.6 Å². The summed E-state index contributed by atoms with van der Waals surface area (Å²) in [4.78, 5) is 37.5. The second-order valence-electron chi connectivity index (χ2n) is 9.36. The summed E-state index contributed by atoms with van der Waals surface area (Å²) in [7, 11) is -1.51. The van der Waals surface area contributed by atoms with Gasteiger partial charge >= 0.3 is 6.09 Å². The van der Waals surface area contributed by atoms with Crippen molar-refractivity contribution in [2.75, 3.05) is 4.90 Å². The molecule has 1 saturated heterocycles. The van der Waals surface area contributed by atoms with Crippen molar-refractivity contribution in [3.8, 4) is 23.3 Å². The lowest BCUT2D eigenvalue weighted by Crippen LogP contribution is -2.49. The van der Waals surface area contributed by atoms with Crippen LogP contribution < -0.4 is 4.90 Å². The Labute approximate surface area is 210 Å². The second kappa shape index (κ2) is 9.82. The van der Waals surface area contributed by atoms with Crippen molar-refractivity contribution in [3.63, 3.8) is 0 Å². The van der Waals surface area contributed by atoms with E-state index in [0.717, 1.165) is 6.29 Å². The molecule has 0 N–H and O–H groups in total. The Bertz CT molecular complexity index is 1370. The number of para-hydroxylation sites is 2. The molecule has 2 aliphatic heterocycles. The van der Waals surface area contributed by atoms with Crippen molar-refractivity contribution in [2.24, 2.45) is 0 Å². The minimum atomic E-state index is -1.51. The second-order valence-corrected chi connectivity index (χ2v) is 14.1. The molecule has 0 bridgehead atoms. The van der Waals surface area contributed by atoms with Gasteiger partial charge < -0.3 is 9.47 Å². The molecule has 4 rings (SSSR count). The summed E-state index contributed by atoms with van der Waals surface area (Å²) in [5, 5.41) is 11.3. The Morgan fingerprint density at radius 2 is 1.86 bits per heavy atom. The lowest BCUT2D eigenvalue weighted by Gasteiger charge is -2.33. The van der Waals surface area contributed by atoms with Gasteiger partial charge in [0.2, 0.25) is 0 Å². The van der Waals surface area contributed by atoms with Gasteiger partial charge in [-0.05, 0) is 24.3 Å². The van der Waals surface area contributed by atoms with Gasteiger partial charge in [0.05, 0.1) is 16.2 Å². The lowest BCUT2D eigenvalue weighted by atomic mass is 9.86. The number of hydrogen-bond donors (Lipinski definition) is 0. The molecule has 0 unspecified atom stereocenters. The van der Waals surface area contributed by atoms with Crippen LogP contribution in [0.2, 0.25) is 19.6 Å². The van der Waals surface area contributed by atoms with E-state index in [1.807, 2.05) is 0 Å². The maximum Gasteiger partial charge on any atom is 0.415 e. The zero-order chi connectivity index (χ0) is 25.9. The van der Waals surface area contributed by atoms with E-state index in [9.17, 15) is 19.7 Å². The normalized spacial score (nSPS) is 21.7. The number of ether oxygens (including phenoxy) is 2. The summed E-state index contributed by atoms with van der Waals surface area (Å²) >= 11 is 0. The largest absolute Gasteiger partial charge is 0.444 e. The number of carbonyl (C=O) groups excluding carboxylic acids is 2. The van der Waals surface area contributed by atoms with E-state index in [4.69, 9.17) is 9.47 Å². The van der Waals surface area contributed by atoms with Gasteiger partial charge in [0.25, 0.3) is 5.69 Å². The number of rotatable bonds is 4. The van der Waals surface area contributed by atoms with E-state index in [1.165, 1.54) is 17.0 Å². The Kier molecular flexibility index (Phi) is 6.80. The molecule has 9 heteroatoms. The summed E-state index contributed by atoms with van der Waals surface area (Å²) in [6.07, 6.45) is 2.56. The quantitative estimate of drug-likeness (QED) is 0.154. The smallest absolute Gasteiger partial charge is 0.415 e. The van der Waals surface area contributed by atoms with Crippen LogP contribution in [0.4, 0.5) is 16.2 Å². The van der Waals surface area contributed by atoms with Crippen LogP contribution in [0.1, 0.15) is 11.1 Å². The van der Waals surface area contributed by atoms with Crippen molar-refractivity contribution in [2.45, 2.75) is 44.0 Å². The lowest BCUT2D eigenvalue weighted by molar-refractivity contribution is -0.385. The number of anilines is 1. The molecular formula is C27H24N2O6Si. The molecule has 0 radical (unpaired) electrons. The van der Waals surface area contributed by atoms with Gasteiger partial charge in [0.1, 0.15) is 26.8 Å². The van der Waals surface area contributed by atoms with Crippen molar-refractivity contribution in [3.05, 3.63) is 81.9 Å². The number of hydrogen-bond acceptors (Lipinski definition) is 6. The standard InChI is InChI=1S/C27H24N2O6Si/c1-36(2,3)17-11-5-4-6-16-24-25-27(19-30,35-25)21-13-8-10-15-23(21)28(24)26(31)34-18-20-12-7-9-14-22(20)29(32)33/h4-5,7-10,12-15,19,24-25H,18H2,1-3H3/b5-4-/t24-,25-,27+/m0/s1. The fourth-order valence-corrected chi connectivity index (χ4v) is 4.51. The molecular weight excluding hydrogens is 476 g/mol. The number of nitro groups is 1. The number of aldehydes is 1. The van der Waals surface area contributed by atoms with Crippen LogP contribution in [0.15, 0.2) is 60.7 Å². The first kappa shape index (κ1) is 24.9. The van der Waals surface area contributed by atoms with E-state index in [-0.39, 0.29) is 17.9 Å². The Morgan fingerprint density at radius 1 is 1.17 bits per heavy atom. The summed E-state index contributed by atoms with van der Waals surface area (Å²) in [6.45, 7) is 6.10. The molecule has 2 heterocycles. The number of allylic oxidation sites excluding steroid dienone is 2. The Hall–Kier alpha value is -4.18. The fraction of sp³-hybridized carbons (Fsp3) is 0.259. The van der Waals surface area contributed by atoms with Crippen molar-refractivity contribution in [1.29, 1.82) is 0 Å². The van der Waals surface area contributed by atoms with Crippen LogP contribution in [-0.4, -0.2) is 37.5 Å².